The zero-order valence-electron chi connectivity index (χ0n) is 18.5. The second-order valence-electron chi connectivity index (χ2n) is 7.30. The van der Waals surface area contributed by atoms with Crippen molar-refractivity contribution >= 4 is 78.0 Å². The monoisotopic (exact) mass is 549 g/mol. The summed E-state index contributed by atoms with van der Waals surface area (Å²) in [6.45, 7) is 8.57. The fourth-order valence-electron chi connectivity index (χ4n) is 3.28. The van der Waals surface area contributed by atoms with Crippen LogP contribution in [0.5, 0.6) is 0 Å². The van der Waals surface area contributed by atoms with Crippen molar-refractivity contribution in [3.8, 4) is 0 Å². The van der Waals surface area contributed by atoms with Crippen LogP contribution in [0.4, 0.5) is 5.13 Å². The van der Waals surface area contributed by atoms with E-state index in [0.717, 1.165) is 28.9 Å². The standard InChI is InChI=1S/C22H25Cl2N3O3S2.ClH/c1-4-26(5-2)12-13-27(22-25-21-15(3)18(24)10-11-19(21)31-22)20(28)14-32(29,30)17-8-6-16(23)7-9-17;/h6-11H,4-5,12-14H2,1-3H3;1H. The van der Waals surface area contributed by atoms with Gasteiger partial charge in [-0.05, 0) is 62.0 Å². The number of benzene rings is 2. The first kappa shape index (κ1) is 27.8. The number of amides is 1. The number of nitrogens with zero attached hydrogens (tertiary/aromatic N) is 3. The summed E-state index contributed by atoms with van der Waals surface area (Å²) in [4.78, 5) is 21.6. The van der Waals surface area contributed by atoms with E-state index in [9.17, 15) is 13.2 Å². The first-order valence-electron chi connectivity index (χ1n) is 10.2. The van der Waals surface area contributed by atoms with Gasteiger partial charge in [0.15, 0.2) is 15.0 Å². The lowest BCUT2D eigenvalue weighted by Crippen LogP contribution is -2.41. The Morgan fingerprint density at radius 2 is 1.67 bits per heavy atom. The van der Waals surface area contributed by atoms with Crippen molar-refractivity contribution in [1.82, 2.24) is 9.88 Å². The molecule has 0 N–H and O–H groups in total. The van der Waals surface area contributed by atoms with Crippen molar-refractivity contribution in [2.75, 3.05) is 36.8 Å². The van der Waals surface area contributed by atoms with E-state index in [1.54, 1.807) is 6.07 Å². The maximum absolute atomic E-state index is 13.3. The van der Waals surface area contributed by atoms with E-state index < -0.39 is 21.5 Å². The molecule has 0 aliphatic rings. The van der Waals surface area contributed by atoms with Crippen molar-refractivity contribution in [3.63, 3.8) is 0 Å². The second-order valence-corrected chi connectivity index (χ2v) is 11.1. The minimum absolute atomic E-state index is 0. The largest absolute Gasteiger partial charge is 0.302 e. The van der Waals surface area contributed by atoms with Crippen molar-refractivity contribution < 1.29 is 13.2 Å². The number of anilines is 1. The Labute approximate surface area is 214 Å². The van der Waals surface area contributed by atoms with Gasteiger partial charge in [0.05, 0.1) is 15.1 Å². The molecule has 0 saturated heterocycles. The lowest BCUT2D eigenvalue weighted by Gasteiger charge is -2.24. The van der Waals surface area contributed by atoms with Gasteiger partial charge in [-0.2, -0.15) is 0 Å². The summed E-state index contributed by atoms with van der Waals surface area (Å²) in [6.07, 6.45) is 0. The van der Waals surface area contributed by atoms with E-state index in [1.165, 1.54) is 40.5 Å². The summed E-state index contributed by atoms with van der Waals surface area (Å²) in [5, 5.41) is 1.49. The van der Waals surface area contributed by atoms with E-state index >= 15 is 0 Å². The fourth-order valence-corrected chi connectivity index (χ4v) is 5.82. The molecule has 3 rings (SSSR count). The van der Waals surface area contributed by atoms with E-state index in [-0.39, 0.29) is 17.3 Å². The third-order valence-electron chi connectivity index (χ3n) is 5.29. The van der Waals surface area contributed by atoms with Gasteiger partial charge in [-0.25, -0.2) is 13.4 Å². The minimum Gasteiger partial charge on any atom is -0.302 e. The summed E-state index contributed by atoms with van der Waals surface area (Å²) >= 11 is 13.5. The zero-order valence-corrected chi connectivity index (χ0v) is 22.5. The Balaban J connectivity index is 0.00000385. The molecule has 3 aromatic rings. The molecule has 2 aromatic carbocycles. The number of halogens is 3. The highest BCUT2D eigenvalue weighted by Crippen LogP contribution is 2.33. The van der Waals surface area contributed by atoms with Crippen LogP contribution >= 0.6 is 46.9 Å². The maximum Gasteiger partial charge on any atom is 0.244 e. The van der Waals surface area contributed by atoms with Crippen molar-refractivity contribution in [1.29, 1.82) is 0 Å². The third kappa shape index (κ3) is 6.59. The number of aryl methyl sites for hydroxylation is 1. The first-order valence-corrected chi connectivity index (χ1v) is 13.5. The molecule has 0 fully saturated rings. The second kappa shape index (κ2) is 11.8. The number of likely N-dealkylation sites (N-methyl/N-ethyl adjacent to an activating group) is 1. The summed E-state index contributed by atoms with van der Waals surface area (Å²) in [6, 6.07) is 9.48. The van der Waals surface area contributed by atoms with Crippen LogP contribution in [0.25, 0.3) is 10.2 Å². The van der Waals surface area contributed by atoms with Gasteiger partial charge in [0.1, 0.15) is 5.75 Å². The Kier molecular flexibility index (Phi) is 9.96. The molecule has 6 nitrogen and oxygen atoms in total. The van der Waals surface area contributed by atoms with Gasteiger partial charge >= 0.3 is 0 Å². The third-order valence-corrected chi connectivity index (χ3v) is 8.61. The molecule has 0 spiro atoms. The van der Waals surface area contributed by atoms with Gasteiger partial charge in [0, 0.05) is 23.1 Å². The predicted octanol–water partition coefficient (Wildman–Crippen LogP) is 5.48. The van der Waals surface area contributed by atoms with Crippen LogP contribution in [0.2, 0.25) is 10.0 Å². The molecule has 0 atom stereocenters. The molecule has 0 unspecified atom stereocenters. The average Bonchev–Trinajstić information content (AvgIpc) is 3.18. The summed E-state index contributed by atoms with van der Waals surface area (Å²) in [5.41, 5.74) is 1.55. The van der Waals surface area contributed by atoms with Crippen molar-refractivity contribution in [2.45, 2.75) is 25.7 Å². The van der Waals surface area contributed by atoms with Gasteiger partial charge < -0.3 is 4.90 Å². The number of aromatic nitrogens is 1. The molecule has 1 amide bonds. The van der Waals surface area contributed by atoms with Crippen LogP contribution in [-0.2, 0) is 14.6 Å². The number of fused-ring (bicyclic) bond motifs is 1. The molecule has 11 heteroatoms. The molecule has 0 saturated carbocycles. The first-order chi connectivity index (χ1) is 15.2. The molecule has 0 radical (unpaired) electrons. The minimum atomic E-state index is -3.83. The Morgan fingerprint density at radius 1 is 1.03 bits per heavy atom. The highest BCUT2D eigenvalue weighted by atomic mass is 35.5. The van der Waals surface area contributed by atoms with E-state index in [2.05, 4.69) is 9.88 Å². The fraction of sp³-hybridized carbons (Fsp3) is 0.364. The number of carbonyl (C=O) groups excluding carboxylic acids is 1. The molecule has 1 heterocycles. The Bertz CT molecular complexity index is 1210. The van der Waals surface area contributed by atoms with Gasteiger partial charge in [0.25, 0.3) is 0 Å². The van der Waals surface area contributed by atoms with E-state index in [4.69, 9.17) is 23.2 Å². The molecular weight excluding hydrogens is 525 g/mol. The van der Waals surface area contributed by atoms with Gasteiger partial charge in [-0.3, -0.25) is 9.69 Å². The molecule has 33 heavy (non-hydrogen) atoms. The van der Waals surface area contributed by atoms with Crippen LogP contribution in [0.15, 0.2) is 41.3 Å². The van der Waals surface area contributed by atoms with Crippen LogP contribution in [-0.4, -0.2) is 56.1 Å². The van der Waals surface area contributed by atoms with Crippen LogP contribution in [0, 0.1) is 6.92 Å². The van der Waals surface area contributed by atoms with E-state index in [1.807, 2.05) is 26.8 Å². The molecular formula is C22H26Cl3N3O3S2. The van der Waals surface area contributed by atoms with Crippen LogP contribution < -0.4 is 4.90 Å². The summed E-state index contributed by atoms with van der Waals surface area (Å²) in [5.74, 6) is -1.17. The summed E-state index contributed by atoms with van der Waals surface area (Å²) < 4.78 is 26.6. The number of rotatable bonds is 9. The topological polar surface area (TPSA) is 70.6 Å². The molecule has 180 valence electrons. The van der Waals surface area contributed by atoms with Gasteiger partial charge in [-0.1, -0.05) is 48.4 Å². The van der Waals surface area contributed by atoms with Crippen molar-refractivity contribution in [3.05, 3.63) is 52.0 Å². The number of hydrogen-bond acceptors (Lipinski definition) is 6. The predicted molar refractivity (Wildman–Crippen MR) is 140 cm³/mol. The quantitative estimate of drug-likeness (QED) is 0.353. The Hall–Kier alpha value is -1.42. The average molecular weight is 551 g/mol. The SMILES string of the molecule is CCN(CC)CCN(C(=O)CS(=O)(=O)c1ccc(Cl)cc1)c1nc2c(C)c(Cl)ccc2s1.Cl. The van der Waals surface area contributed by atoms with Gasteiger partial charge in [-0.15, -0.1) is 12.4 Å². The number of thiazole rings is 1. The zero-order chi connectivity index (χ0) is 23.5. The van der Waals surface area contributed by atoms with Crippen molar-refractivity contribution in [2.24, 2.45) is 0 Å². The lowest BCUT2D eigenvalue weighted by atomic mass is 10.2. The number of carbonyl (C=O) groups is 1. The highest BCUT2D eigenvalue weighted by molar-refractivity contribution is 7.92. The van der Waals surface area contributed by atoms with E-state index in [0.29, 0.717) is 28.3 Å². The Morgan fingerprint density at radius 3 is 2.27 bits per heavy atom. The number of hydrogen-bond donors (Lipinski definition) is 0. The molecule has 0 bridgehead atoms. The smallest absolute Gasteiger partial charge is 0.244 e. The molecule has 1 aromatic heterocycles. The van der Waals surface area contributed by atoms with Gasteiger partial charge in [0.2, 0.25) is 5.91 Å². The normalized spacial score (nSPS) is 11.6. The molecule has 0 aliphatic heterocycles. The van der Waals surface area contributed by atoms with Crippen LogP contribution in [0.3, 0.4) is 0 Å². The number of sulfone groups is 1. The highest BCUT2D eigenvalue weighted by Gasteiger charge is 2.27. The maximum atomic E-state index is 13.3. The van der Waals surface area contributed by atoms with Crippen LogP contribution in [0.1, 0.15) is 19.4 Å². The summed E-state index contributed by atoms with van der Waals surface area (Å²) in [7, 11) is -3.83. The molecule has 0 aliphatic carbocycles. The lowest BCUT2D eigenvalue weighted by molar-refractivity contribution is -0.116.